The molecule has 1 aromatic rings. The van der Waals surface area contributed by atoms with Gasteiger partial charge in [0.1, 0.15) is 11.8 Å². The first-order valence-electron chi connectivity index (χ1n) is 6.32. The molecule has 0 saturated carbocycles. The zero-order valence-corrected chi connectivity index (χ0v) is 11.3. The van der Waals surface area contributed by atoms with Crippen LogP contribution >= 0.6 is 0 Å². The molecule has 1 rings (SSSR count). The number of ether oxygens (including phenoxy) is 1. The number of carbonyl (C=O) groups excluding carboxylic acids is 1. The van der Waals surface area contributed by atoms with Crippen molar-refractivity contribution in [2.75, 3.05) is 13.7 Å². The largest absolute Gasteiger partial charge is 0.508 e. The predicted octanol–water partition coefficient (Wildman–Crippen LogP) is 0.931. The summed E-state index contributed by atoms with van der Waals surface area (Å²) in [5, 5.41) is 20.7. The number of nitrogens with one attached hydrogen (secondary N) is 1. The van der Waals surface area contributed by atoms with E-state index in [1.807, 2.05) is 0 Å². The van der Waals surface area contributed by atoms with Crippen molar-refractivity contribution in [2.24, 2.45) is 0 Å². The third-order valence-corrected chi connectivity index (χ3v) is 2.78. The summed E-state index contributed by atoms with van der Waals surface area (Å²) in [6.45, 7) is 0.456. The first-order valence-corrected chi connectivity index (χ1v) is 6.32. The third kappa shape index (κ3) is 5.71. The number of hydrogen-bond acceptors (Lipinski definition) is 4. The van der Waals surface area contributed by atoms with Gasteiger partial charge in [-0.1, -0.05) is 12.1 Å². The molecule has 0 fully saturated rings. The van der Waals surface area contributed by atoms with Crippen LogP contribution < -0.4 is 5.32 Å². The van der Waals surface area contributed by atoms with Crippen LogP contribution in [0.2, 0.25) is 0 Å². The van der Waals surface area contributed by atoms with E-state index in [1.165, 1.54) is 12.1 Å². The van der Waals surface area contributed by atoms with Crippen LogP contribution in [-0.4, -0.2) is 41.8 Å². The normalized spacial score (nSPS) is 11.8. The second kappa shape index (κ2) is 8.16. The zero-order valence-electron chi connectivity index (χ0n) is 11.3. The summed E-state index contributed by atoms with van der Waals surface area (Å²) in [7, 11) is 1.54. The molecular formula is C14H19NO5. The number of aromatic hydroxyl groups is 1. The van der Waals surface area contributed by atoms with Gasteiger partial charge in [0.05, 0.1) is 6.42 Å². The zero-order chi connectivity index (χ0) is 15.0. The Balaban J connectivity index is 2.48. The lowest BCUT2D eigenvalue weighted by atomic mass is 10.1. The predicted molar refractivity (Wildman–Crippen MR) is 72.5 cm³/mol. The van der Waals surface area contributed by atoms with Gasteiger partial charge >= 0.3 is 5.97 Å². The summed E-state index contributed by atoms with van der Waals surface area (Å²) >= 11 is 0. The van der Waals surface area contributed by atoms with Crippen LogP contribution in [0.3, 0.4) is 0 Å². The SMILES string of the molecule is COCCCC(NC(=O)Cc1ccc(O)cc1)C(=O)O. The molecule has 1 aromatic carbocycles. The number of carboxylic acid groups (broad SMARTS) is 1. The minimum absolute atomic E-state index is 0.0777. The molecular weight excluding hydrogens is 262 g/mol. The van der Waals surface area contributed by atoms with Crippen molar-refractivity contribution in [1.29, 1.82) is 0 Å². The number of methoxy groups -OCH3 is 1. The van der Waals surface area contributed by atoms with Gasteiger partial charge in [-0.05, 0) is 30.5 Å². The number of hydrogen-bond donors (Lipinski definition) is 3. The number of carboxylic acids is 1. The molecule has 0 aliphatic rings. The summed E-state index contributed by atoms with van der Waals surface area (Å²) in [6.07, 6.45) is 0.964. The van der Waals surface area contributed by atoms with Gasteiger partial charge in [-0.15, -0.1) is 0 Å². The van der Waals surface area contributed by atoms with Crippen LogP contribution in [-0.2, 0) is 20.7 Å². The second-order valence-corrected chi connectivity index (χ2v) is 4.44. The van der Waals surface area contributed by atoms with Gasteiger partial charge in [-0.2, -0.15) is 0 Å². The van der Waals surface area contributed by atoms with Crippen LogP contribution in [0.1, 0.15) is 18.4 Å². The lowest BCUT2D eigenvalue weighted by molar-refractivity contribution is -0.142. The Kier molecular flexibility index (Phi) is 6.52. The van der Waals surface area contributed by atoms with Gasteiger partial charge in [0.15, 0.2) is 0 Å². The number of aliphatic carboxylic acids is 1. The van der Waals surface area contributed by atoms with Crippen LogP contribution in [0.4, 0.5) is 0 Å². The molecule has 3 N–H and O–H groups in total. The summed E-state index contributed by atoms with van der Waals surface area (Å²) in [5.41, 5.74) is 0.710. The highest BCUT2D eigenvalue weighted by Gasteiger charge is 2.19. The molecule has 110 valence electrons. The van der Waals surface area contributed by atoms with Gasteiger partial charge in [0.2, 0.25) is 5.91 Å². The van der Waals surface area contributed by atoms with Crippen molar-refractivity contribution in [1.82, 2.24) is 5.32 Å². The van der Waals surface area contributed by atoms with E-state index < -0.39 is 12.0 Å². The van der Waals surface area contributed by atoms with E-state index in [9.17, 15) is 9.59 Å². The Hall–Kier alpha value is -2.08. The average molecular weight is 281 g/mol. The maximum Gasteiger partial charge on any atom is 0.326 e. The molecule has 20 heavy (non-hydrogen) atoms. The first-order chi connectivity index (χ1) is 9.52. The Morgan fingerprint density at radius 2 is 1.95 bits per heavy atom. The lowest BCUT2D eigenvalue weighted by Gasteiger charge is -2.14. The second-order valence-electron chi connectivity index (χ2n) is 4.44. The van der Waals surface area contributed by atoms with Crippen molar-refractivity contribution >= 4 is 11.9 Å². The summed E-state index contributed by atoms with van der Waals surface area (Å²) in [5.74, 6) is -1.29. The number of carbonyl (C=O) groups is 2. The number of rotatable bonds is 8. The molecule has 1 amide bonds. The third-order valence-electron chi connectivity index (χ3n) is 2.78. The molecule has 0 spiro atoms. The fraction of sp³-hybridized carbons (Fsp3) is 0.429. The topological polar surface area (TPSA) is 95.9 Å². The van der Waals surface area contributed by atoms with E-state index in [-0.39, 0.29) is 18.1 Å². The van der Waals surface area contributed by atoms with E-state index in [0.29, 0.717) is 25.0 Å². The lowest BCUT2D eigenvalue weighted by Crippen LogP contribution is -2.41. The smallest absolute Gasteiger partial charge is 0.326 e. The molecule has 0 bridgehead atoms. The number of amides is 1. The fourth-order valence-corrected chi connectivity index (χ4v) is 1.73. The molecule has 0 aromatic heterocycles. The van der Waals surface area contributed by atoms with E-state index in [1.54, 1.807) is 19.2 Å². The molecule has 0 heterocycles. The molecule has 6 nitrogen and oxygen atoms in total. The Morgan fingerprint density at radius 1 is 1.30 bits per heavy atom. The van der Waals surface area contributed by atoms with E-state index >= 15 is 0 Å². The Labute approximate surface area is 117 Å². The average Bonchev–Trinajstić information content (AvgIpc) is 2.40. The molecule has 0 radical (unpaired) electrons. The Bertz CT molecular complexity index is 443. The van der Waals surface area contributed by atoms with Crippen molar-refractivity contribution in [3.8, 4) is 5.75 Å². The number of phenols is 1. The minimum atomic E-state index is -1.06. The highest BCUT2D eigenvalue weighted by Crippen LogP contribution is 2.10. The van der Waals surface area contributed by atoms with Crippen molar-refractivity contribution in [3.63, 3.8) is 0 Å². The molecule has 0 saturated heterocycles. The number of benzene rings is 1. The van der Waals surface area contributed by atoms with Crippen LogP contribution in [0, 0.1) is 0 Å². The Morgan fingerprint density at radius 3 is 2.50 bits per heavy atom. The molecule has 1 unspecified atom stereocenters. The molecule has 1 atom stereocenters. The fourth-order valence-electron chi connectivity index (χ4n) is 1.73. The van der Waals surface area contributed by atoms with Gasteiger partial charge in [0, 0.05) is 13.7 Å². The maximum absolute atomic E-state index is 11.8. The van der Waals surface area contributed by atoms with Crippen LogP contribution in [0.25, 0.3) is 0 Å². The number of phenolic OH excluding ortho intramolecular Hbond substituents is 1. The summed E-state index contributed by atoms with van der Waals surface area (Å²) < 4.78 is 4.85. The first kappa shape index (κ1) is 16.0. The van der Waals surface area contributed by atoms with E-state index in [4.69, 9.17) is 14.9 Å². The maximum atomic E-state index is 11.8. The van der Waals surface area contributed by atoms with Crippen molar-refractivity contribution in [3.05, 3.63) is 29.8 Å². The summed E-state index contributed by atoms with van der Waals surface area (Å²) in [6, 6.07) is 5.30. The van der Waals surface area contributed by atoms with E-state index in [0.717, 1.165) is 0 Å². The van der Waals surface area contributed by atoms with E-state index in [2.05, 4.69) is 5.32 Å². The molecule has 6 heteroatoms. The summed E-state index contributed by atoms with van der Waals surface area (Å²) in [4.78, 5) is 22.8. The van der Waals surface area contributed by atoms with Gasteiger partial charge in [0.25, 0.3) is 0 Å². The highest BCUT2D eigenvalue weighted by molar-refractivity contribution is 5.84. The van der Waals surface area contributed by atoms with Crippen LogP contribution in [0.15, 0.2) is 24.3 Å². The van der Waals surface area contributed by atoms with Gasteiger partial charge in [-0.25, -0.2) is 4.79 Å². The van der Waals surface area contributed by atoms with Crippen molar-refractivity contribution in [2.45, 2.75) is 25.3 Å². The highest BCUT2D eigenvalue weighted by atomic mass is 16.5. The minimum Gasteiger partial charge on any atom is -0.508 e. The standard InChI is InChI=1S/C14H19NO5/c1-20-8-2-3-12(14(18)19)15-13(17)9-10-4-6-11(16)7-5-10/h4-7,12,16H,2-3,8-9H2,1H3,(H,15,17)(H,18,19). The molecule has 0 aliphatic carbocycles. The monoisotopic (exact) mass is 281 g/mol. The van der Waals surface area contributed by atoms with Crippen LogP contribution in [0.5, 0.6) is 5.75 Å². The van der Waals surface area contributed by atoms with Gasteiger partial charge < -0.3 is 20.3 Å². The quantitative estimate of drug-likeness (QED) is 0.616. The molecule has 0 aliphatic heterocycles. The van der Waals surface area contributed by atoms with Crippen molar-refractivity contribution < 1.29 is 24.5 Å². The van der Waals surface area contributed by atoms with Gasteiger partial charge in [-0.3, -0.25) is 4.79 Å².